The highest BCUT2D eigenvalue weighted by molar-refractivity contribution is 5.83. The Kier molecular flexibility index (Phi) is 9.17. The van der Waals surface area contributed by atoms with Crippen molar-refractivity contribution >= 4 is 35.6 Å². The topological polar surface area (TPSA) is 67.9 Å². The van der Waals surface area contributed by atoms with Crippen molar-refractivity contribution in [2.75, 3.05) is 4.90 Å². The summed E-state index contributed by atoms with van der Waals surface area (Å²) in [6.07, 6.45) is 30.5. The maximum Gasteiger partial charge on any atom is 0.0709 e. The number of aryl methyl sites for hydroxylation is 1. The first-order chi connectivity index (χ1) is 21.0. The number of allylic oxidation sites excluding steroid dienone is 10. The van der Waals surface area contributed by atoms with Crippen molar-refractivity contribution in [2.24, 2.45) is 9.98 Å². The van der Waals surface area contributed by atoms with E-state index >= 15 is 0 Å². The second kappa shape index (κ2) is 13.5. The number of pyridine rings is 1. The average Bonchev–Trinajstić information content (AvgIpc) is 3.44. The molecule has 3 heterocycles. The van der Waals surface area contributed by atoms with Gasteiger partial charge in [0.05, 0.1) is 11.7 Å². The summed E-state index contributed by atoms with van der Waals surface area (Å²) in [6, 6.07) is 10.6. The highest BCUT2D eigenvalue weighted by Crippen LogP contribution is 2.37. The van der Waals surface area contributed by atoms with E-state index in [4.69, 9.17) is 5.41 Å². The lowest BCUT2D eigenvalue weighted by Gasteiger charge is -2.38. The van der Waals surface area contributed by atoms with Crippen LogP contribution in [-0.2, 0) is 0 Å². The summed E-state index contributed by atoms with van der Waals surface area (Å²) in [4.78, 5) is 17.4. The molecular weight excluding hydrogens is 528 g/mol. The summed E-state index contributed by atoms with van der Waals surface area (Å²) in [5, 5.41) is 7.75. The molecule has 3 aliphatic rings. The van der Waals surface area contributed by atoms with Crippen molar-refractivity contribution < 1.29 is 0 Å². The van der Waals surface area contributed by atoms with Crippen LogP contribution in [0.15, 0.2) is 155 Å². The third-order valence-electron chi connectivity index (χ3n) is 7.60. The van der Waals surface area contributed by atoms with E-state index in [1.807, 2.05) is 49.2 Å². The summed E-state index contributed by atoms with van der Waals surface area (Å²) in [5.74, 6) is 0. The van der Waals surface area contributed by atoms with Gasteiger partial charge in [-0.3, -0.25) is 15.0 Å². The summed E-state index contributed by atoms with van der Waals surface area (Å²) in [6.45, 7) is 12.2. The monoisotopic (exact) mass is 564 g/mol. The molecule has 2 aromatic rings. The number of rotatable bonds is 8. The fourth-order valence-corrected chi connectivity index (χ4v) is 5.45. The van der Waals surface area contributed by atoms with Crippen LogP contribution in [0.2, 0.25) is 0 Å². The van der Waals surface area contributed by atoms with E-state index in [-0.39, 0.29) is 6.04 Å². The zero-order valence-electron chi connectivity index (χ0n) is 24.7. The van der Waals surface area contributed by atoms with Gasteiger partial charge in [0.15, 0.2) is 0 Å². The van der Waals surface area contributed by atoms with Gasteiger partial charge in [0, 0.05) is 79.1 Å². The van der Waals surface area contributed by atoms with Crippen LogP contribution in [0.4, 0.5) is 11.4 Å². The summed E-state index contributed by atoms with van der Waals surface area (Å²) < 4.78 is 0. The van der Waals surface area contributed by atoms with Gasteiger partial charge in [-0.1, -0.05) is 61.7 Å². The first-order valence-electron chi connectivity index (χ1n) is 14.3. The molecule has 1 aliphatic carbocycles. The minimum Gasteiger partial charge on any atom is -0.334 e. The van der Waals surface area contributed by atoms with Crippen LogP contribution in [0.5, 0.6) is 0 Å². The van der Waals surface area contributed by atoms with Crippen LogP contribution in [-0.4, -0.2) is 34.6 Å². The third-order valence-corrected chi connectivity index (χ3v) is 7.60. The number of nitrogens with zero attached hydrogens (tertiary/aromatic N) is 5. The lowest BCUT2D eigenvalue weighted by molar-refractivity contribution is 0.403. The lowest BCUT2D eigenvalue weighted by atomic mass is 9.94. The van der Waals surface area contributed by atoms with Crippen LogP contribution >= 0.6 is 0 Å². The molecule has 0 saturated heterocycles. The van der Waals surface area contributed by atoms with Crippen molar-refractivity contribution in [3.63, 3.8) is 0 Å². The Morgan fingerprint density at radius 1 is 1.12 bits per heavy atom. The highest BCUT2D eigenvalue weighted by atomic mass is 15.2. The molecule has 6 nitrogen and oxygen atoms in total. The molecule has 1 aromatic carbocycles. The zero-order chi connectivity index (χ0) is 30.2. The van der Waals surface area contributed by atoms with Crippen LogP contribution in [0.25, 0.3) is 5.57 Å². The van der Waals surface area contributed by atoms with Crippen molar-refractivity contribution in [3.05, 3.63) is 156 Å². The molecule has 0 fully saturated rings. The van der Waals surface area contributed by atoms with Crippen LogP contribution in [0.1, 0.15) is 30.9 Å². The van der Waals surface area contributed by atoms with Crippen molar-refractivity contribution in [2.45, 2.75) is 32.7 Å². The van der Waals surface area contributed by atoms with Crippen LogP contribution in [0.3, 0.4) is 0 Å². The van der Waals surface area contributed by atoms with Crippen molar-refractivity contribution in [1.29, 1.82) is 5.41 Å². The average molecular weight is 565 g/mol. The molecule has 0 saturated carbocycles. The maximum absolute atomic E-state index is 7.75. The number of hydrogen-bond donors (Lipinski definition) is 1. The van der Waals surface area contributed by atoms with E-state index in [0.29, 0.717) is 6.42 Å². The fourth-order valence-electron chi connectivity index (χ4n) is 5.45. The molecule has 0 spiro atoms. The summed E-state index contributed by atoms with van der Waals surface area (Å²) in [5.41, 5.74) is 10.6. The number of benzene rings is 1. The van der Waals surface area contributed by atoms with Gasteiger partial charge in [-0.05, 0) is 72.0 Å². The quantitative estimate of drug-likeness (QED) is 0.327. The van der Waals surface area contributed by atoms with Gasteiger partial charge in [-0.2, -0.15) is 0 Å². The maximum atomic E-state index is 7.75. The molecular formula is C37H36N6. The second-order valence-corrected chi connectivity index (χ2v) is 10.4. The smallest absolute Gasteiger partial charge is 0.0709 e. The molecule has 1 N–H and O–H groups in total. The second-order valence-electron chi connectivity index (χ2n) is 10.4. The van der Waals surface area contributed by atoms with E-state index in [9.17, 15) is 0 Å². The number of nitrogens with one attached hydrogen (secondary N) is 1. The van der Waals surface area contributed by atoms with Gasteiger partial charge in [0.1, 0.15) is 0 Å². The van der Waals surface area contributed by atoms with Gasteiger partial charge in [0.2, 0.25) is 0 Å². The minimum absolute atomic E-state index is 0.0512. The molecule has 214 valence electrons. The van der Waals surface area contributed by atoms with Gasteiger partial charge in [-0.25, -0.2) is 0 Å². The molecule has 0 amide bonds. The Hall–Kier alpha value is -5.36. The Morgan fingerprint density at radius 2 is 1.95 bits per heavy atom. The Bertz CT molecular complexity index is 1690. The Labute approximate surface area is 254 Å². The number of hydrogen-bond acceptors (Lipinski definition) is 6. The van der Waals surface area contributed by atoms with Crippen LogP contribution in [0, 0.1) is 12.3 Å². The molecule has 2 aliphatic heterocycles. The molecule has 5 rings (SSSR count). The normalized spacial score (nSPS) is 19.4. The zero-order valence-corrected chi connectivity index (χ0v) is 24.7. The van der Waals surface area contributed by atoms with Gasteiger partial charge >= 0.3 is 0 Å². The molecule has 6 heteroatoms. The summed E-state index contributed by atoms with van der Waals surface area (Å²) >= 11 is 0. The van der Waals surface area contributed by atoms with Gasteiger partial charge < -0.3 is 15.2 Å². The molecule has 43 heavy (non-hydrogen) atoms. The first kappa shape index (κ1) is 29.1. The third kappa shape index (κ3) is 6.44. The number of aromatic nitrogens is 1. The van der Waals surface area contributed by atoms with Gasteiger partial charge in [-0.15, -0.1) is 0 Å². The largest absolute Gasteiger partial charge is 0.334 e. The SMILES string of the molecule is C=CN=CC1=C(C)N(C2C=CC=C(c3ccc(N(C4=CCC=NC=C4)c4ccncc4C)cc3)C=C2)/C(=C/C=N)C(=C)C1. The fraction of sp³-hybridized carbons (Fsp3) is 0.135. The van der Waals surface area contributed by atoms with Crippen LogP contribution < -0.4 is 4.90 Å². The Morgan fingerprint density at radius 3 is 2.72 bits per heavy atom. The molecule has 1 atom stereocenters. The van der Waals surface area contributed by atoms with E-state index in [1.54, 1.807) is 6.20 Å². The van der Waals surface area contributed by atoms with Gasteiger partial charge in [0.25, 0.3) is 0 Å². The number of aliphatic imine (C=N–C) groups is 2. The van der Waals surface area contributed by atoms with E-state index in [2.05, 4.69) is 112 Å². The predicted molar refractivity (Wildman–Crippen MR) is 182 cm³/mol. The molecule has 0 bridgehead atoms. The van der Waals surface area contributed by atoms with E-state index in [1.165, 1.54) is 6.21 Å². The molecule has 0 radical (unpaired) electrons. The number of anilines is 2. The predicted octanol–water partition coefficient (Wildman–Crippen LogP) is 8.56. The van der Waals surface area contributed by atoms with Crippen molar-refractivity contribution in [1.82, 2.24) is 9.88 Å². The highest BCUT2D eigenvalue weighted by Gasteiger charge is 2.27. The summed E-state index contributed by atoms with van der Waals surface area (Å²) in [7, 11) is 0. The van der Waals surface area contributed by atoms with E-state index < -0.39 is 0 Å². The van der Waals surface area contributed by atoms with Crippen molar-refractivity contribution in [3.8, 4) is 0 Å². The molecule has 1 unspecified atom stereocenters. The lowest BCUT2D eigenvalue weighted by Crippen LogP contribution is -2.34. The standard InChI is InChI=1S/C37H36N6/c1-5-39-26-32-24-27(2)36(17-20-38)42(29(32)4)33-9-6-8-30(11-14-33)31-12-15-35(16-13-31)43(34-10-7-21-40-22-18-34)37-19-23-41-25-28(37)3/h5-6,8-23,25-26,33,38H,1-2,7,24H2,3-4H3/b36-17+,38-20?,39-26?. The Balaban J connectivity index is 1.45. The molecule has 1 aromatic heterocycles. The minimum atomic E-state index is -0.0512. The van der Waals surface area contributed by atoms with E-state index in [0.717, 1.165) is 62.7 Å². The first-order valence-corrected chi connectivity index (χ1v) is 14.3.